The summed E-state index contributed by atoms with van der Waals surface area (Å²) in [5, 5.41) is 6.54. The van der Waals surface area contributed by atoms with Crippen LogP contribution in [0.15, 0.2) is 6.20 Å². The second kappa shape index (κ2) is 3.30. The summed E-state index contributed by atoms with van der Waals surface area (Å²) in [6.07, 6.45) is -3.08. The number of aromatic nitrogens is 3. The summed E-state index contributed by atoms with van der Waals surface area (Å²) in [6, 6.07) is 0. The standard InChI is InChI=1S/C5H5ClF3N3/c6-1-4-2-10-11-12(4)3-5(7,8)9/h2H,1,3H2. The Morgan fingerprint density at radius 3 is 2.67 bits per heavy atom. The minimum absolute atomic E-state index is 0.0247. The molecule has 0 bridgehead atoms. The van der Waals surface area contributed by atoms with Crippen molar-refractivity contribution in [1.82, 2.24) is 15.0 Å². The van der Waals surface area contributed by atoms with E-state index in [9.17, 15) is 13.2 Å². The van der Waals surface area contributed by atoms with Gasteiger partial charge >= 0.3 is 6.18 Å². The van der Waals surface area contributed by atoms with E-state index in [-0.39, 0.29) is 11.6 Å². The lowest BCUT2D eigenvalue weighted by atomic mass is 10.5. The highest BCUT2D eigenvalue weighted by Crippen LogP contribution is 2.17. The predicted octanol–water partition coefficient (Wildman–Crippen LogP) is 1.58. The van der Waals surface area contributed by atoms with E-state index in [2.05, 4.69) is 10.3 Å². The second-order valence-corrected chi connectivity index (χ2v) is 2.40. The lowest BCUT2D eigenvalue weighted by Crippen LogP contribution is -2.20. The van der Waals surface area contributed by atoms with Crippen LogP contribution in [-0.2, 0) is 12.4 Å². The summed E-state index contributed by atoms with van der Waals surface area (Å²) in [7, 11) is 0. The maximum absolute atomic E-state index is 11.8. The summed E-state index contributed by atoms with van der Waals surface area (Å²) < 4.78 is 36.1. The summed E-state index contributed by atoms with van der Waals surface area (Å²) >= 11 is 5.33. The Hall–Kier alpha value is -0.780. The highest BCUT2D eigenvalue weighted by atomic mass is 35.5. The number of alkyl halides is 4. The second-order valence-electron chi connectivity index (χ2n) is 2.13. The van der Waals surface area contributed by atoms with Crippen LogP contribution in [0.4, 0.5) is 13.2 Å². The first-order chi connectivity index (χ1) is 5.53. The zero-order chi connectivity index (χ0) is 9.19. The molecule has 0 radical (unpaired) electrons. The number of hydrogen-bond acceptors (Lipinski definition) is 2. The van der Waals surface area contributed by atoms with Crippen LogP contribution >= 0.6 is 11.6 Å². The smallest absolute Gasteiger partial charge is 0.239 e. The first kappa shape index (κ1) is 9.31. The van der Waals surface area contributed by atoms with Gasteiger partial charge in [0.05, 0.1) is 17.8 Å². The third-order valence-electron chi connectivity index (χ3n) is 1.16. The van der Waals surface area contributed by atoms with E-state index in [4.69, 9.17) is 11.6 Å². The molecule has 68 valence electrons. The van der Waals surface area contributed by atoms with Gasteiger partial charge in [0.2, 0.25) is 0 Å². The Morgan fingerprint density at radius 1 is 1.50 bits per heavy atom. The first-order valence-corrected chi connectivity index (χ1v) is 3.56. The SMILES string of the molecule is FC(F)(F)Cn1nncc1CCl. The molecule has 0 atom stereocenters. The summed E-state index contributed by atoms with van der Waals surface area (Å²) in [4.78, 5) is 0. The Balaban J connectivity index is 2.75. The summed E-state index contributed by atoms with van der Waals surface area (Å²) in [5.74, 6) is -0.0247. The van der Waals surface area contributed by atoms with Gasteiger partial charge in [0, 0.05) is 0 Å². The lowest BCUT2D eigenvalue weighted by Gasteiger charge is -2.06. The average molecular weight is 200 g/mol. The molecule has 7 heteroatoms. The van der Waals surface area contributed by atoms with E-state index in [0.29, 0.717) is 0 Å². The van der Waals surface area contributed by atoms with Gasteiger partial charge in [-0.1, -0.05) is 5.21 Å². The van der Waals surface area contributed by atoms with Crippen molar-refractivity contribution in [3.05, 3.63) is 11.9 Å². The quantitative estimate of drug-likeness (QED) is 0.677. The highest BCUT2D eigenvalue weighted by molar-refractivity contribution is 6.16. The van der Waals surface area contributed by atoms with E-state index < -0.39 is 12.7 Å². The van der Waals surface area contributed by atoms with Crippen LogP contribution in [-0.4, -0.2) is 21.2 Å². The van der Waals surface area contributed by atoms with Crippen molar-refractivity contribution in [3.63, 3.8) is 0 Å². The molecule has 0 spiro atoms. The van der Waals surface area contributed by atoms with Crippen molar-refractivity contribution < 1.29 is 13.2 Å². The third-order valence-corrected chi connectivity index (χ3v) is 1.44. The molecule has 0 amide bonds. The van der Waals surface area contributed by atoms with Crippen LogP contribution in [0.5, 0.6) is 0 Å². The normalized spacial score (nSPS) is 12.0. The van der Waals surface area contributed by atoms with Gasteiger partial charge < -0.3 is 0 Å². The van der Waals surface area contributed by atoms with Gasteiger partial charge in [0.25, 0.3) is 0 Å². The zero-order valence-electron chi connectivity index (χ0n) is 5.85. The Bertz CT molecular complexity index is 257. The largest absolute Gasteiger partial charge is 0.408 e. The van der Waals surface area contributed by atoms with E-state index in [1.807, 2.05) is 0 Å². The number of nitrogens with zero attached hydrogens (tertiary/aromatic N) is 3. The van der Waals surface area contributed by atoms with Crippen LogP contribution in [0.25, 0.3) is 0 Å². The molecule has 12 heavy (non-hydrogen) atoms. The molecule has 3 nitrogen and oxygen atoms in total. The lowest BCUT2D eigenvalue weighted by molar-refractivity contribution is -0.143. The van der Waals surface area contributed by atoms with Crippen molar-refractivity contribution in [2.45, 2.75) is 18.6 Å². The third kappa shape index (κ3) is 2.37. The monoisotopic (exact) mass is 199 g/mol. The van der Waals surface area contributed by atoms with Crippen LogP contribution in [0.1, 0.15) is 5.69 Å². The van der Waals surface area contributed by atoms with Crippen molar-refractivity contribution in [3.8, 4) is 0 Å². The topological polar surface area (TPSA) is 30.7 Å². The van der Waals surface area contributed by atoms with Crippen molar-refractivity contribution in [2.75, 3.05) is 0 Å². The van der Waals surface area contributed by atoms with Crippen LogP contribution in [0.2, 0.25) is 0 Å². The Morgan fingerprint density at radius 2 is 2.17 bits per heavy atom. The van der Waals surface area contributed by atoms with Gasteiger partial charge in [-0.25, -0.2) is 4.68 Å². The summed E-state index contributed by atoms with van der Waals surface area (Å²) in [5.41, 5.74) is 0.258. The number of rotatable bonds is 2. The zero-order valence-corrected chi connectivity index (χ0v) is 6.60. The molecule has 1 aromatic rings. The Kier molecular flexibility index (Phi) is 2.56. The fourth-order valence-electron chi connectivity index (χ4n) is 0.685. The molecule has 0 unspecified atom stereocenters. The molecule has 0 aliphatic carbocycles. The fourth-order valence-corrected chi connectivity index (χ4v) is 0.892. The Labute approximate surface area is 71.1 Å². The summed E-state index contributed by atoms with van der Waals surface area (Å²) in [6.45, 7) is -1.14. The molecule has 0 fully saturated rings. The molecule has 0 N–H and O–H groups in total. The maximum atomic E-state index is 11.8. The molecule has 1 aromatic heterocycles. The van der Waals surface area contributed by atoms with Gasteiger partial charge in [-0.2, -0.15) is 13.2 Å². The molecule has 0 aromatic carbocycles. The predicted molar refractivity (Wildman–Crippen MR) is 35.6 cm³/mol. The molecular formula is C5H5ClF3N3. The fraction of sp³-hybridized carbons (Fsp3) is 0.600. The van der Waals surface area contributed by atoms with Crippen LogP contribution < -0.4 is 0 Å². The average Bonchev–Trinajstić information content (AvgIpc) is 2.31. The molecule has 0 saturated heterocycles. The van der Waals surface area contributed by atoms with Gasteiger partial charge in [-0.3, -0.25) is 0 Å². The van der Waals surface area contributed by atoms with Crippen LogP contribution in [0.3, 0.4) is 0 Å². The molecule has 0 aliphatic rings. The molecule has 0 saturated carbocycles. The van der Waals surface area contributed by atoms with Crippen LogP contribution in [0, 0.1) is 0 Å². The highest BCUT2D eigenvalue weighted by Gasteiger charge is 2.29. The van der Waals surface area contributed by atoms with Gasteiger partial charge in [0.15, 0.2) is 0 Å². The van der Waals surface area contributed by atoms with Crippen molar-refractivity contribution in [2.24, 2.45) is 0 Å². The van der Waals surface area contributed by atoms with E-state index >= 15 is 0 Å². The maximum Gasteiger partial charge on any atom is 0.408 e. The van der Waals surface area contributed by atoms with Gasteiger partial charge in [0.1, 0.15) is 6.54 Å². The van der Waals surface area contributed by atoms with Gasteiger partial charge in [-0.05, 0) is 0 Å². The molecule has 1 heterocycles. The van der Waals surface area contributed by atoms with E-state index in [0.717, 1.165) is 4.68 Å². The number of hydrogen-bond donors (Lipinski definition) is 0. The molecule has 1 rings (SSSR count). The van der Waals surface area contributed by atoms with Crippen molar-refractivity contribution in [1.29, 1.82) is 0 Å². The minimum atomic E-state index is -4.28. The van der Waals surface area contributed by atoms with E-state index in [1.165, 1.54) is 6.20 Å². The molecular weight excluding hydrogens is 195 g/mol. The first-order valence-electron chi connectivity index (χ1n) is 3.03. The van der Waals surface area contributed by atoms with Crippen molar-refractivity contribution >= 4 is 11.6 Å². The number of halogens is 4. The minimum Gasteiger partial charge on any atom is -0.239 e. The van der Waals surface area contributed by atoms with E-state index in [1.54, 1.807) is 0 Å². The van der Waals surface area contributed by atoms with Gasteiger partial charge in [-0.15, -0.1) is 16.7 Å². The molecule has 0 aliphatic heterocycles.